The van der Waals surface area contributed by atoms with Crippen molar-refractivity contribution in [3.05, 3.63) is 82.7 Å². The summed E-state index contributed by atoms with van der Waals surface area (Å²) in [5, 5.41) is 11.7. The zero-order chi connectivity index (χ0) is 30.7. The summed E-state index contributed by atoms with van der Waals surface area (Å²) < 4.78 is 6.23. The number of aryl methyl sites for hydroxylation is 3. The number of hydrogen-bond donors (Lipinski definition) is 1. The van der Waals surface area contributed by atoms with Gasteiger partial charge in [-0.05, 0) is 91.2 Å². The largest absolute Gasteiger partial charge is 0.506 e. The Morgan fingerprint density at radius 1 is 1.00 bits per heavy atom. The van der Waals surface area contributed by atoms with Gasteiger partial charge in [0.1, 0.15) is 11.3 Å². The average molecular weight is 771 g/mol. The van der Waals surface area contributed by atoms with Crippen LogP contribution in [0, 0.1) is 32.3 Å². The first-order valence-electron chi connectivity index (χ1n) is 15.5. The van der Waals surface area contributed by atoms with Crippen molar-refractivity contribution in [2.24, 2.45) is 10.4 Å². The normalized spacial score (nSPS) is 19.6. The van der Waals surface area contributed by atoms with Gasteiger partial charge in [0, 0.05) is 50.0 Å². The number of amidine groups is 1. The summed E-state index contributed by atoms with van der Waals surface area (Å²) in [6.07, 6.45) is 6.41. The van der Waals surface area contributed by atoms with Gasteiger partial charge in [-0.2, -0.15) is 0 Å². The zero-order valence-corrected chi connectivity index (χ0v) is 29.3. The third-order valence-electron chi connectivity index (χ3n) is 9.14. The molecule has 1 saturated carbocycles. The summed E-state index contributed by atoms with van der Waals surface area (Å²) in [4.78, 5) is 17.3. The van der Waals surface area contributed by atoms with Crippen LogP contribution in [0.1, 0.15) is 88.2 Å². The molecule has 6 nitrogen and oxygen atoms in total. The minimum Gasteiger partial charge on any atom is -0.506 e. The first kappa shape index (κ1) is 32.2. The van der Waals surface area contributed by atoms with E-state index in [1.54, 1.807) is 18.3 Å². The average Bonchev–Trinajstić information content (AvgIpc) is 3.23. The monoisotopic (exact) mass is 770 g/mol. The molecule has 1 aliphatic carbocycles. The Hall–Kier alpha value is -3.24. The minimum atomic E-state index is -0.0818. The Labute approximate surface area is 276 Å². The molecule has 4 aromatic rings. The van der Waals surface area contributed by atoms with E-state index in [9.17, 15) is 5.11 Å². The Morgan fingerprint density at radius 3 is 2.43 bits per heavy atom. The molecule has 7 heteroatoms. The van der Waals surface area contributed by atoms with Gasteiger partial charge in [0.15, 0.2) is 0 Å². The van der Waals surface area contributed by atoms with Crippen molar-refractivity contribution in [1.29, 1.82) is 0 Å². The summed E-state index contributed by atoms with van der Waals surface area (Å²) in [7, 11) is 0. The first-order valence-corrected chi connectivity index (χ1v) is 15.5. The van der Waals surface area contributed by atoms with E-state index in [0.717, 1.165) is 29.6 Å². The van der Waals surface area contributed by atoms with Crippen molar-refractivity contribution < 1.29 is 30.9 Å². The molecule has 1 fully saturated rings. The first-order chi connectivity index (χ1) is 20.3. The van der Waals surface area contributed by atoms with E-state index in [0.29, 0.717) is 22.8 Å². The van der Waals surface area contributed by atoms with Gasteiger partial charge in [0.05, 0.1) is 11.9 Å². The van der Waals surface area contributed by atoms with Crippen LogP contribution in [0.25, 0.3) is 10.9 Å². The molecule has 2 aliphatic rings. The molecule has 0 saturated heterocycles. The fraction of sp³-hybridized carbons (Fsp3) is 0.432. The van der Waals surface area contributed by atoms with Crippen LogP contribution in [0.3, 0.4) is 0 Å². The second-order valence-corrected chi connectivity index (χ2v) is 14.2. The van der Waals surface area contributed by atoms with Gasteiger partial charge in [0.25, 0.3) is 0 Å². The quantitative estimate of drug-likeness (QED) is 0.210. The molecule has 44 heavy (non-hydrogen) atoms. The van der Waals surface area contributed by atoms with Crippen LogP contribution < -0.4 is 9.64 Å². The van der Waals surface area contributed by atoms with Gasteiger partial charge in [-0.25, -0.2) is 4.98 Å². The topological polar surface area (TPSA) is 70.8 Å². The Balaban J connectivity index is 0.00000384. The maximum absolute atomic E-state index is 10.8. The number of fused-ring (bicyclic) bond motifs is 2. The molecule has 2 atom stereocenters. The standard InChI is InChI=1S/C37H43N4O2.Pt/c1-22-17-23(2)33(24(3)18-22)41-29-11-9-10-15-37(7,8)34(29)40-35(41)28-21-27(14-16-38-28)43-31-13-12-25-19-26(36(4,5)6)20-30(42)32(25)39-31;/h12-14,16-20,29,34,42H,9-11,15H2,1-8H3;/q-1;/t29-,34+;/m0./s1. The van der Waals surface area contributed by atoms with Crippen LogP contribution in [0.2, 0.25) is 0 Å². The van der Waals surface area contributed by atoms with Crippen molar-refractivity contribution >= 4 is 22.4 Å². The van der Waals surface area contributed by atoms with E-state index in [1.165, 1.54) is 35.2 Å². The fourth-order valence-electron chi connectivity index (χ4n) is 6.99. The maximum Gasteiger partial charge on any atom is 0.217 e. The number of nitrogens with zero attached hydrogens (tertiary/aromatic N) is 4. The molecular weight excluding hydrogens is 728 g/mol. The summed E-state index contributed by atoms with van der Waals surface area (Å²) in [6, 6.07) is 17.8. The van der Waals surface area contributed by atoms with Gasteiger partial charge >= 0.3 is 0 Å². The molecule has 0 unspecified atom stereocenters. The fourth-order valence-corrected chi connectivity index (χ4v) is 6.99. The van der Waals surface area contributed by atoms with Crippen molar-refractivity contribution in [1.82, 2.24) is 9.97 Å². The van der Waals surface area contributed by atoms with E-state index in [4.69, 9.17) is 14.7 Å². The minimum absolute atomic E-state index is 0. The molecular formula is C37H43N4O2Pt-. The Bertz CT molecular complexity index is 1720. The van der Waals surface area contributed by atoms with Crippen LogP contribution in [-0.2, 0) is 26.5 Å². The van der Waals surface area contributed by atoms with Crippen LogP contribution in [0.4, 0.5) is 5.69 Å². The molecule has 3 heterocycles. The molecule has 1 N–H and O–H groups in total. The molecule has 0 bridgehead atoms. The Kier molecular flexibility index (Phi) is 8.72. The summed E-state index contributed by atoms with van der Waals surface area (Å²) in [5.74, 6) is 1.90. The van der Waals surface area contributed by atoms with Crippen molar-refractivity contribution in [3.63, 3.8) is 0 Å². The molecule has 2 aromatic carbocycles. The SMILES string of the molecule is Cc1cc(C)c(N2C(c3[c-]c(Oc4ccc5cc(C(C)(C)C)cc(O)c5n4)ccn3)=N[C@@H]3[C@@H]2CCCCC3(C)C)c(C)c1.[Pt]. The third kappa shape index (κ3) is 6.03. The number of benzene rings is 2. The Morgan fingerprint density at radius 2 is 1.73 bits per heavy atom. The van der Waals surface area contributed by atoms with E-state index in [-0.39, 0.29) is 49.7 Å². The molecule has 6 rings (SSSR count). The number of hydrogen-bond acceptors (Lipinski definition) is 6. The smallest absolute Gasteiger partial charge is 0.217 e. The molecule has 0 amide bonds. The van der Waals surface area contributed by atoms with Gasteiger partial charge < -0.3 is 19.7 Å². The number of ether oxygens (including phenoxy) is 1. The molecule has 234 valence electrons. The number of pyridine rings is 2. The van der Waals surface area contributed by atoms with Gasteiger partial charge in [-0.3, -0.25) is 4.98 Å². The van der Waals surface area contributed by atoms with Crippen LogP contribution in [0.15, 0.2) is 53.7 Å². The van der Waals surface area contributed by atoms with E-state index >= 15 is 0 Å². The number of aromatic hydroxyl groups is 1. The number of rotatable bonds is 4. The molecule has 1 aliphatic heterocycles. The summed E-state index contributed by atoms with van der Waals surface area (Å²) in [5.41, 5.74) is 7.20. The van der Waals surface area contributed by atoms with E-state index in [1.807, 2.05) is 12.1 Å². The van der Waals surface area contributed by atoms with Crippen molar-refractivity contribution in [3.8, 4) is 17.4 Å². The predicted molar refractivity (Wildman–Crippen MR) is 175 cm³/mol. The van der Waals surface area contributed by atoms with Crippen LogP contribution in [0.5, 0.6) is 17.4 Å². The second-order valence-electron chi connectivity index (χ2n) is 14.2. The van der Waals surface area contributed by atoms with Crippen molar-refractivity contribution in [2.45, 2.75) is 98.6 Å². The van der Waals surface area contributed by atoms with E-state index < -0.39 is 0 Å². The second kappa shape index (κ2) is 11.9. The van der Waals surface area contributed by atoms with Crippen LogP contribution >= 0.6 is 0 Å². The zero-order valence-electron chi connectivity index (χ0n) is 27.1. The number of anilines is 1. The molecule has 0 radical (unpaired) electrons. The number of aromatic nitrogens is 2. The maximum atomic E-state index is 10.8. The van der Waals surface area contributed by atoms with Crippen LogP contribution in [-0.4, -0.2) is 33.0 Å². The number of aliphatic imine (C=N–C) groups is 1. The summed E-state index contributed by atoms with van der Waals surface area (Å²) in [6.45, 7) is 17.7. The van der Waals surface area contributed by atoms with Crippen molar-refractivity contribution in [2.75, 3.05) is 4.90 Å². The third-order valence-corrected chi connectivity index (χ3v) is 9.14. The molecule has 0 spiro atoms. The number of phenols is 1. The number of phenolic OH excluding ortho intramolecular Hbond substituents is 1. The summed E-state index contributed by atoms with van der Waals surface area (Å²) >= 11 is 0. The van der Waals surface area contributed by atoms with Gasteiger partial charge in [-0.15, -0.1) is 6.07 Å². The van der Waals surface area contributed by atoms with Gasteiger partial charge in [-0.1, -0.05) is 71.2 Å². The van der Waals surface area contributed by atoms with Gasteiger partial charge in [0.2, 0.25) is 5.88 Å². The molecule has 2 aromatic heterocycles. The predicted octanol–water partition coefficient (Wildman–Crippen LogP) is 8.75. The van der Waals surface area contributed by atoms with E-state index in [2.05, 4.69) is 89.5 Å².